The second kappa shape index (κ2) is 5.94. The molecule has 1 unspecified atom stereocenters. The maximum atomic E-state index is 13.2. The molecule has 1 aliphatic rings. The van der Waals surface area contributed by atoms with Crippen molar-refractivity contribution >= 4 is 15.9 Å². The van der Waals surface area contributed by atoms with Crippen LogP contribution in [-0.2, 0) is 11.3 Å². The molecule has 4 heteroatoms. The van der Waals surface area contributed by atoms with Crippen molar-refractivity contribution in [2.45, 2.75) is 25.5 Å². The van der Waals surface area contributed by atoms with Crippen molar-refractivity contribution in [3.63, 3.8) is 0 Å². The van der Waals surface area contributed by atoms with Gasteiger partial charge in [0.15, 0.2) is 0 Å². The Hall–Kier alpha value is -0.450. The first-order valence-corrected chi connectivity index (χ1v) is 6.68. The van der Waals surface area contributed by atoms with Crippen LogP contribution in [0.3, 0.4) is 0 Å². The van der Waals surface area contributed by atoms with E-state index in [1.807, 2.05) is 13.1 Å². The molecule has 1 atom stereocenters. The van der Waals surface area contributed by atoms with Crippen LogP contribution >= 0.6 is 15.9 Å². The van der Waals surface area contributed by atoms with Crippen molar-refractivity contribution in [1.82, 2.24) is 4.90 Å². The highest BCUT2D eigenvalue weighted by atomic mass is 79.9. The summed E-state index contributed by atoms with van der Waals surface area (Å²) >= 11 is 3.31. The molecule has 2 rings (SSSR count). The summed E-state index contributed by atoms with van der Waals surface area (Å²) in [7, 11) is 2.04. The van der Waals surface area contributed by atoms with Gasteiger partial charge in [0, 0.05) is 24.2 Å². The van der Waals surface area contributed by atoms with Crippen LogP contribution in [0.15, 0.2) is 22.7 Å². The quantitative estimate of drug-likeness (QED) is 0.847. The van der Waals surface area contributed by atoms with Crippen LogP contribution in [0, 0.1) is 5.82 Å². The lowest BCUT2D eigenvalue weighted by Gasteiger charge is -2.20. The van der Waals surface area contributed by atoms with E-state index < -0.39 is 0 Å². The number of rotatable bonds is 4. The summed E-state index contributed by atoms with van der Waals surface area (Å²) in [6.07, 6.45) is 2.64. The fourth-order valence-corrected chi connectivity index (χ4v) is 2.73. The first kappa shape index (κ1) is 13.0. The number of benzene rings is 1. The Bertz CT molecular complexity index is 359. The van der Waals surface area contributed by atoms with E-state index in [1.54, 1.807) is 6.07 Å². The predicted octanol–water partition coefficient (Wildman–Crippen LogP) is 3.20. The van der Waals surface area contributed by atoms with Crippen LogP contribution in [-0.4, -0.2) is 31.2 Å². The van der Waals surface area contributed by atoms with Gasteiger partial charge in [-0.25, -0.2) is 4.39 Å². The standard InChI is InChI=1S/C13H17BrFNO/c1-16(9-13-3-2-4-17-13)8-10-5-11(14)7-12(15)6-10/h5-7,13H,2-4,8-9H2,1H3. The molecule has 1 aromatic rings. The van der Waals surface area contributed by atoms with E-state index in [-0.39, 0.29) is 5.82 Å². The molecule has 94 valence electrons. The molecule has 1 aliphatic heterocycles. The Morgan fingerprint density at radius 2 is 2.29 bits per heavy atom. The van der Waals surface area contributed by atoms with E-state index in [2.05, 4.69) is 20.8 Å². The molecule has 0 N–H and O–H groups in total. The van der Waals surface area contributed by atoms with E-state index in [1.165, 1.54) is 6.07 Å². The lowest BCUT2D eigenvalue weighted by molar-refractivity contribution is 0.0793. The smallest absolute Gasteiger partial charge is 0.124 e. The number of nitrogens with zero attached hydrogens (tertiary/aromatic N) is 1. The van der Waals surface area contributed by atoms with E-state index in [0.717, 1.165) is 42.6 Å². The van der Waals surface area contributed by atoms with Gasteiger partial charge in [-0.2, -0.15) is 0 Å². The normalized spacial score (nSPS) is 20.1. The minimum absolute atomic E-state index is 0.195. The molecule has 0 amide bonds. The molecule has 1 heterocycles. The molecular weight excluding hydrogens is 285 g/mol. The Morgan fingerprint density at radius 3 is 2.94 bits per heavy atom. The van der Waals surface area contributed by atoms with Crippen molar-refractivity contribution in [3.05, 3.63) is 34.1 Å². The average Bonchev–Trinajstić information content (AvgIpc) is 2.67. The summed E-state index contributed by atoms with van der Waals surface area (Å²) in [5.41, 5.74) is 0.984. The third kappa shape index (κ3) is 4.05. The van der Waals surface area contributed by atoms with E-state index in [9.17, 15) is 4.39 Å². The van der Waals surface area contributed by atoms with Gasteiger partial charge >= 0.3 is 0 Å². The van der Waals surface area contributed by atoms with E-state index in [4.69, 9.17) is 4.74 Å². The zero-order valence-electron chi connectivity index (χ0n) is 9.96. The zero-order valence-corrected chi connectivity index (χ0v) is 11.5. The van der Waals surface area contributed by atoms with Gasteiger partial charge in [-0.15, -0.1) is 0 Å². The summed E-state index contributed by atoms with van der Waals surface area (Å²) in [5.74, 6) is -0.195. The summed E-state index contributed by atoms with van der Waals surface area (Å²) in [5, 5.41) is 0. The van der Waals surface area contributed by atoms with Gasteiger partial charge in [0.05, 0.1) is 6.10 Å². The number of halogens is 2. The third-order valence-electron chi connectivity index (χ3n) is 2.91. The first-order chi connectivity index (χ1) is 8.13. The van der Waals surface area contributed by atoms with Crippen molar-refractivity contribution in [3.8, 4) is 0 Å². The maximum Gasteiger partial charge on any atom is 0.124 e. The molecule has 1 fully saturated rings. The number of hydrogen-bond donors (Lipinski definition) is 0. The Balaban J connectivity index is 1.90. The Kier molecular flexibility index (Phi) is 4.54. The van der Waals surface area contributed by atoms with Gasteiger partial charge in [0.2, 0.25) is 0 Å². The van der Waals surface area contributed by atoms with Crippen LogP contribution < -0.4 is 0 Å². The van der Waals surface area contributed by atoms with E-state index in [0.29, 0.717) is 6.10 Å². The molecule has 17 heavy (non-hydrogen) atoms. The monoisotopic (exact) mass is 301 g/mol. The highest BCUT2D eigenvalue weighted by Gasteiger charge is 2.17. The average molecular weight is 302 g/mol. The fourth-order valence-electron chi connectivity index (χ4n) is 2.21. The number of ether oxygens (including phenoxy) is 1. The molecule has 0 radical (unpaired) electrons. The molecule has 0 aliphatic carbocycles. The van der Waals surface area contributed by atoms with E-state index >= 15 is 0 Å². The van der Waals surface area contributed by atoms with Gasteiger partial charge in [-0.05, 0) is 43.7 Å². The third-order valence-corrected chi connectivity index (χ3v) is 3.37. The Morgan fingerprint density at radius 1 is 1.47 bits per heavy atom. The lowest BCUT2D eigenvalue weighted by Crippen LogP contribution is -2.28. The van der Waals surface area contributed by atoms with Gasteiger partial charge in [-0.3, -0.25) is 4.90 Å². The molecule has 1 aromatic carbocycles. The molecular formula is C13H17BrFNO. The molecule has 0 spiro atoms. The minimum Gasteiger partial charge on any atom is -0.377 e. The van der Waals surface area contributed by atoms with Crippen LogP contribution in [0.25, 0.3) is 0 Å². The van der Waals surface area contributed by atoms with Crippen molar-refractivity contribution < 1.29 is 9.13 Å². The van der Waals surface area contributed by atoms with Crippen molar-refractivity contribution in [1.29, 1.82) is 0 Å². The maximum absolute atomic E-state index is 13.2. The van der Waals surface area contributed by atoms with Crippen molar-refractivity contribution in [2.75, 3.05) is 20.2 Å². The van der Waals surface area contributed by atoms with Crippen LogP contribution in [0.4, 0.5) is 4.39 Å². The summed E-state index contributed by atoms with van der Waals surface area (Å²) < 4.78 is 19.6. The minimum atomic E-state index is -0.195. The number of likely N-dealkylation sites (N-methyl/N-ethyl adjacent to an activating group) is 1. The summed E-state index contributed by atoms with van der Waals surface area (Å²) in [6, 6.07) is 5.01. The van der Waals surface area contributed by atoms with Crippen LogP contribution in [0.5, 0.6) is 0 Å². The SMILES string of the molecule is CN(Cc1cc(F)cc(Br)c1)CC1CCCO1. The highest BCUT2D eigenvalue weighted by Crippen LogP contribution is 2.17. The summed E-state index contributed by atoms with van der Waals surface area (Å²) in [6.45, 7) is 2.54. The molecule has 1 saturated heterocycles. The van der Waals surface area contributed by atoms with Gasteiger partial charge in [-0.1, -0.05) is 15.9 Å². The zero-order chi connectivity index (χ0) is 12.3. The van der Waals surface area contributed by atoms with Gasteiger partial charge in [0.25, 0.3) is 0 Å². The Labute approximate surface area is 110 Å². The van der Waals surface area contributed by atoms with Crippen LogP contribution in [0.2, 0.25) is 0 Å². The first-order valence-electron chi connectivity index (χ1n) is 5.88. The van der Waals surface area contributed by atoms with Gasteiger partial charge < -0.3 is 4.74 Å². The second-order valence-electron chi connectivity index (χ2n) is 4.61. The number of hydrogen-bond acceptors (Lipinski definition) is 2. The highest BCUT2D eigenvalue weighted by molar-refractivity contribution is 9.10. The molecule has 0 saturated carbocycles. The predicted molar refractivity (Wildman–Crippen MR) is 69.4 cm³/mol. The summed E-state index contributed by atoms with van der Waals surface area (Å²) in [4.78, 5) is 2.18. The second-order valence-corrected chi connectivity index (χ2v) is 5.53. The largest absolute Gasteiger partial charge is 0.377 e. The van der Waals surface area contributed by atoms with Crippen LogP contribution in [0.1, 0.15) is 18.4 Å². The van der Waals surface area contributed by atoms with Gasteiger partial charge in [0.1, 0.15) is 5.82 Å². The molecule has 0 bridgehead atoms. The van der Waals surface area contributed by atoms with Crippen molar-refractivity contribution in [2.24, 2.45) is 0 Å². The fraction of sp³-hybridized carbons (Fsp3) is 0.538. The molecule has 0 aromatic heterocycles. The molecule has 2 nitrogen and oxygen atoms in total. The topological polar surface area (TPSA) is 12.5 Å². The lowest BCUT2D eigenvalue weighted by atomic mass is 10.2.